The summed E-state index contributed by atoms with van der Waals surface area (Å²) in [6, 6.07) is 10.1. The summed E-state index contributed by atoms with van der Waals surface area (Å²) in [6.45, 7) is 0.584. The van der Waals surface area contributed by atoms with Gasteiger partial charge < -0.3 is 10.4 Å². The van der Waals surface area contributed by atoms with E-state index in [4.69, 9.17) is 5.11 Å². The Bertz CT molecular complexity index is 510. The second-order valence-electron chi connectivity index (χ2n) is 5.37. The molecule has 0 saturated heterocycles. The van der Waals surface area contributed by atoms with E-state index in [-0.39, 0.29) is 5.91 Å². The highest BCUT2D eigenvalue weighted by molar-refractivity contribution is 5.85. The van der Waals surface area contributed by atoms with Gasteiger partial charge in [-0.1, -0.05) is 42.5 Å². The van der Waals surface area contributed by atoms with Crippen LogP contribution < -0.4 is 5.32 Å². The first kappa shape index (κ1) is 15.3. The number of carboxylic acids is 1. The molecular weight excluding hydrogens is 266 g/mol. The topological polar surface area (TPSA) is 66.4 Å². The van der Waals surface area contributed by atoms with E-state index in [0.29, 0.717) is 19.4 Å². The Balaban J connectivity index is 1.76. The molecule has 2 atom stereocenters. The van der Waals surface area contributed by atoms with E-state index >= 15 is 0 Å². The SMILES string of the molecule is O=C(O)C1CC=CCC1C(=O)NCCCc1ccccc1. The molecule has 112 valence electrons. The minimum atomic E-state index is -0.885. The van der Waals surface area contributed by atoms with Crippen LogP contribution in [0.2, 0.25) is 0 Å². The Morgan fingerprint density at radius 1 is 1.10 bits per heavy atom. The van der Waals surface area contributed by atoms with Crippen molar-refractivity contribution < 1.29 is 14.7 Å². The van der Waals surface area contributed by atoms with Crippen LogP contribution in [0.25, 0.3) is 0 Å². The predicted molar refractivity (Wildman–Crippen MR) is 80.8 cm³/mol. The zero-order chi connectivity index (χ0) is 15.1. The molecule has 0 saturated carbocycles. The summed E-state index contributed by atoms with van der Waals surface area (Å²) in [6.07, 6.45) is 6.47. The highest BCUT2D eigenvalue weighted by Gasteiger charge is 2.33. The fourth-order valence-electron chi connectivity index (χ4n) is 2.66. The predicted octanol–water partition coefficient (Wildman–Crippen LogP) is 2.40. The number of allylic oxidation sites excluding steroid dienone is 2. The van der Waals surface area contributed by atoms with Gasteiger partial charge in [0.25, 0.3) is 0 Å². The van der Waals surface area contributed by atoms with Gasteiger partial charge in [0.05, 0.1) is 11.8 Å². The Labute approximate surface area is 124 Å². The number of carbonyl (C=O) groups is 2. The molecule has 1 aliphatic rings. The molecule has 1 aliphatic carbocycles. The van der Waals surface area contributed by atoms with Gasteiger partial charge in [0.2, 0.25) is 5.91 Å². The molecule has 1 aromatic rings. The largest absolute Gasteiger partial charge is 0.481 e. The van der Waals surface area contributed by atoms with Gasteiger partial charge in [0, 0.05) is 6.54 Å². The van der Waals surface area contributed by atoms with E-state index in [1.807, 2.05) is 30.4 Å². The lowest BCUT2D eigenvalue weighted by atomic mass is 9.82. The number of amides is 1. The highest BCUT2D eigenvalue weighted by atomic mass is 16.4. The van der Waals surface area contributed by atoms with Gasteiger partial charge in [-0.25, -0.2) is 0 Å². The van der Waals surface area contributed by atoms with E-state index in [1.165, 1.54) is 5.56 Å². The first-order valence-electron chi connectivity index (χ1n) is 7.38. The van der Waals surface area contributed by atoms with E-state index in [2.05, 4.69) is 17.4 Å². The van der Waals surface area contributed by atoms with Gasteiger partial charge in [-0.3, -0.25) is 9.59 Å². The Kier molecular flexibility index (Phi) is 5.55. The number of aryl methyl sites for hydroxylation is 1. The van der Waals surface area contributed by atoms with Crippen LogP contribution in [0.15, 0.2) is 42.5 Å². The van der Waals surface area contributed by atoms with Crippen LogP contribution in [-0.4, -0.2) is 23.5 Å². The summed E-state index contributed by atoms with van der Waals surface area (Å²) >= 11 is 0. The summed E-state index contributed by atoms with van der Waals surface area (Å²) in [7, 11) is 0. The summed E-state index contributed by atoms with van der Waals surface area (Å²) in [5.74, 6) is -2.06. The molecule has 2 rings (SSSR count). The first-order chi connectivity index (χ1) is 10.2. The highest BCUT2D eigenvalue weighted by Crippen LogP contribution is 2.25. The van der Waals surface area contributed by atoms with Gasteiger partial charge >= 0.3 is 5.97 Å². The van der Waals surface area contributed by atoms with Gasteiger partial charge in [0.15, 0.2) is 0 Å². The first-order valence-corrected chi connectivity index (χ1v) is 7.38. The lowest BCUT2D eigenvalue weighted by Gasteiger charge is -2.24. The average Bonchev–Trinajstić information content (AvgIpc) is 2.52. The van der Waals surface area contributed by atoms with Crippen molar-refractivity contribution in [2.75, 3.05) is 6.54 Å². The van der Waals surface area contributed by atoms with E-state index in [0.717, 1.165) is 12.8 Å². The van der Waals surface area contributed by atoms with Gasteiger partial charge in [-0.05, 0) is 31.2 Å². The number of nitrogens with one attached hydrogen (secondary N) is 1. The molecule has 0 aromatic heterocycles. The van der Waals surface area contributed by atoms with Crippen molar-refractivity contribution >= 4 is 11.9 Å². The standard InChI is InChI=1S/C17H21NO3/c19-16(14-10-4-5-11-15(14)17(20)21)18-12-6-9-13-7-2-1-3-8-13/h1-5,7-8,14-15H,6,9-12H2,(H,18,19)(H,20,21). The molecule has 0 bridgehead atoms. The lowest BCUT2D eigenvalue weighted by molar-refractivity contribution is -0.147. The van der Waals surface area contributed by atoms with Gasteiger partial charge in [-0.15, -0.1) is 0 Å². The number of rotatable bonds is 6. The van der Waals surface area contributed by atoms with Crippen LogP contribution in [0.4, 0.5) is 0 Å². The van der Waals surface area contributed by atoms with E-state index in [1.54, 1.807) is 0 Å². The molecule has 0 spiro atoms. The maximum Gasteiger partial charge on any atom is 0.307 e. The third-order valence-electron chi connectivity index (χ3n) is 3.87. The zero-order valence-electron chi connectivity index (χ0n) is 12.0. The molecule has 4 nitrogen and oxygen atoms in total. The maximum absolute atomic E-state index is 12.1. The fraction of sp³-hybridized carbons (Fsp3) is 0.412. The van der Waals surface area contributed by atoms with Crippen molar-refractivity contribution in [2.45, 2.75) is 25.7 Å². The molecule has 0 radical (unpaired) electrons. The normalized spacial score (nSPS) is 21.0. The summed E-state index contributed by atoms with van der Waals surface area (Å²) in [4.78, 5) is 23.3. The van der Waals surface area contributed by atoms with Crippen molar-refractivity contribution in [1.29, 1.82) is 0 Å². The third kappa shape index (κ3) is 4.45. The number of aliphatic carboxylic acids is 1. The number of hydrogen-bond acceptors (Lipinski definition) is 2. The van der Waals surface area contributed by atoms with E-state index < -0.39 is 17.8 Å². The molecule has 21 heavy (non-hydrogen) atoms. The van der Waals surface area contributed by atoms with Crippen LogP contribution in [0.1, 0.15) is 24.8 Å². The average molecular weight is 287 g/mol. The minimum absolute atomic E-state index is 0.139. The summed E-state index contributed by atoms with van der Waals surface area (Å²) in [5.41, 5.74) is 1.25. The lowest BCUT2D eigenvalue weighted by Crippen LogP contribution is -2.39. The Morgan fingerprint density at radius 2 is 1.76 bits per heavy atom. The fourth-order valence-corrected chi connectivity index (χ4v) is 2.66. The summed E-state index contributed by atoms with van der Waals surface area (Å²) in [5, 5.41) is 12.0. The van der Waals surface area contributed by atoms with Crippen LogP contribution in [0.3, 0.4) is 0 Å². The third-order valence-corrected chi connectivity index (χ3v) is 3.87. The Morgan fingerprint density at radius 3 is 2.43 bits per heavy atom. The monoisotopic (exact) mass is 287 g/mol. The van der Waals surface area contributed by atoms with Gasteiger partial charge in [0.1, 0.15) is 0 Å². The van der Waals surface area contributed by atoms with Crippen molar-refractivity contribution in [3.8, 4) is 0 Å². The van der Waals surface area contributed by atoms with Crippen molar-refractivity contribution in [2.24, 2.45) is 11.8 Å². The zero-order valence-corrected chi connectivity index (χ0v) is 12.0. The van der Waals surface area contributed by atoms with Crippen LogP contribution in [-0.2, 0) is 16.0 Å². The molecule has 2 unspecified atom stereocenters. The second kappa shape index (κ2) is 7.62. The maximum atomic E-state index is 12.1. The van der Waals surface area contributed by atoms with E-state index in [9.17, 15) is 9.59 Å². The molecule has 0 heterocycles. The molecule has 0 fully saturated rings. The molecule has 0 aliphatic heterocycles. The van der Waals surface area contributed by atoms with Crippen molar-refractivity contribution in [3.05, 3.63) is 48.0 Å². The van der Waals surface area contributed by atoms with Crippen molar-refractivity contribution in [3.63, 3.8) is 0 Å². The van der Waals surface area contributed by atoms with Gasteiger partial charge in [-0.2, -0.15) is 0 Å². The molecule has 1 amide bonds. The number of hydrogen-bond donors (Lipinski definition) is 2. The van der Waals surface area contributed by atoms with Crippen LogP contribution >= 0.6 is 0 Å². The second-order valence-corrected chi connectivity index (χ2v) is 5.37. The molecule has 4 heteroatoms. The Hall–Kier alpha value is -2.10. The van der Waals surface area contributed by atoms with Crippen LogP contribution in [0, 0.1) is 11.8 Å². The quantitative estimate of drug-likeness (QED) is 0.623. The van der Waals surface area contributed by atoms with Crippen LogP contribution in [0.5, 0.6) is 0 Å². The minimum Gasteiger partial charge on any atom is -0.481 e. The number of carboxylic acid groups (broad SMARTS) is 1. The van der Waals surface area contributed by atoms with Crippen molar-refractivity contribution in [1.82, 2.24) is 5.32 Å². The molecular formula is C17H21NO3. The number of carbonyl (C=O) groups excluding carboxylic acids is 1. The molecule has 2 N–H and O–H groups in total. The summed E-state index contributed by atoms with van der Waals surface area (Å²) < 4.78 is 0. The smallest absolute Gasteiger partial charge is 0.307 e. The molecule has 1 aromatic carbocycles. The number of benzene rings is 1.